The molecule has 1 aliphatic rings. The Morgan fingerprint density at radius 1 is 1.10 bits per heavy atom. The Morgan fingerprint density at radius 3 is 2.33 bits per heavy atom. The molecule has 2 heterocycles. The van der Waals surface area contributed by atoms with Crippen LogP contribution < -0.4 is 20.6 Å². The molecular weight excluding hydrogens is 777 g/mol. The number of nitrogens with one attached hydrogen (secondary N) is 1. The Labute approximate surface area is 323 Å². The zero-order valence-electron chi connectivity index (χ0n) is 33.0. The largest absolute Gasteiger partial charge is 0.486 e. The molecule has 0 aliphatic carbocycles. The second-order valence-corrected chi connectivity index (χ2v) is 21.6. The van der Waals surface area contributed by atoms with Crippen molar-refractivity contribution in [3.8, 4) is 16.9 Å². The molecule has 0 radical (unpaired) electrons. The van der Waals surface area contributed by atoms with Gasteiger partial charge in [-0.05, 0) is 108 Å². The molecule has 0 bridgehead atoms. The first-order chi connectivity index (χ1) is 23.5. The van der Waals surface area contributed by atoms with Crippen LogP contribution in [-0.2, 0) is 63.5 Å². The summed E-state index contributed by atoms with van der Waals surface area (Å²) in [6, 6.07) is 5.98. The standard InChI is InChI=1S/C36H59N7O7Si.Pd/c1-33(2,3)47-31(44)36(10,50-38)30-17-15-26-20-25(14-16-29(26)46-30)27-22-42(19-13-18-40-41-37)43(23-27)24-28(49-51(11,12)35(7,8)9)21-39-32(45)48-34(4,5)6;/h14,16,20,22-23,28,30H,13,15,17-19,21,24,38H2,1-12H3;/p+1/t28-,30+,36-;/m0./s1. The maximum absolute atomic E-state index is 13.1. The van der Waals surface area contributed by atoms with Crippen molar-refractivity contribution in [3.05, 3.63) is 46.6 Å². The van der Waals surface area contributed by atoms with E-state index in [9.17, 15) is 9.59 Å². The molecule has 0 unspecified atom stereocenters. The molecule has 1 aromatic heterocycles. The average molecular weight is 837 g/mol. The van der Waals surface area contributed by atoms with Gasteiger partial charge < -0.3 is 24.0 Å². The number of carbonyl (C=O) groups excluding carboxylic acids is 2. The zero-order valence-corrected chi connectivity index (χ0v) is 35.5. The van der Waals surface area contributed by atoms with Gasteiger partial charge in [0, 0.05) is 44.8 Å². The number of esters is 1. The second kappa shape index (κ2) is 17.9. The Morgan fingerprint density at radius 2 is 1.75 bits per heavy atom. The summed E-state index contributed by atoms with van der Waals surface area (Å²) in [5, 5.41) is 6.59. The number of benzene rings is 1. The fourth-order valence-corrected chi connectivity index (χ4v) is 6.74. The van der Waals surface area contributed by atoms with Crippen molar-refractivity contribution < 1.29 is 58.2 Å². The molecule has 3 rings (SSSR count). The van der Waals surface area contributed by atoms with Crippen molar-refractivity contribution in [1.29, 1.82) is 0 Å². The predicted molar refractivity (Wildman–Crippen MR) is 197 cm³/mol. The third-order valence-corrected chi connectivity index (χ3v) is 13.7. The maximum Gasteiger partial charge on any atom is 0.407 e. The normalized spacial score (nSPS) is 16.6. The quantitative estimate of drug-likeness (QED) is 0.0307. The number of aromatic nitrogens is 2. The van der Waals surface area contributed by atoms with E-state index in [0.717, 1.165) is 16.7 Å². The van der Waals surface area contributed by atoms with Gasteiger partial charge in [-0.1, -0.05) is 32.0 Å². The number of rotatable bonds is 14. The molecule has 0 spiro atoms. The van der Waals surface area contributed by atoms with E-state index in [1.165, 1.54) is 0 Å². The van der Waals surface area contributed by atoms with Gasteiger partial charge in [-0.25, -0.2) is 15.5 Å². The van der Waals surface area contributed by atoms with Crippen LogP contribution in [0.2, 0.25) is 18.1 Å². The molecule has 3 N–H and O–H groups in total. The van der Waals surface area contributed by atoms with Crippen molar-refractivity contribution in [2.75, 3.05) is 13.1 Å². The number of alkyl carbamates (subject to hydrolysis) is 1. The first kappa shape index (κ1) is 45.2. The van der Waals surface area contributed by atoms with Gasteiger partial charge >= 0.3 is 12.1 Å². The topological polar surface area (TPSA) is 176 Å². The van der Waals surface area contributed by atoms with Gasteiger partial charge in [-0.2, -0.15) is 4.68 Å². The van der Waals surface area contributed by atoms with Crippen LogP contribution in [0.1, 0.15) is 87.6 Å². The molecule has 0 saturated carbocycles. The SMILES string of the molecule is CC(C)(C)OC(=O)NC[C@@H](Cn1cc(-c2ccc3c(c2)CC[C@H]([C@](C)(ON)C(=O)OC(C)(C)C)O3)c[n+]1CCCN=[N+]=[N-])O[Si](C)(C)C(C)(C)C.[Pd]. The van der Waals surface area contributed by atoms with Crippen LogP contribution in [0, 0.1) is 0 Å². The van der Waals surface area contributed by atoms with E-state index >= 15 is 0 Å². The van der Waals surface area contributed by atoms with Crippen molar-refractivity contribution in [1.82, 2.24) is 10.00 Å². The van der Waals surface area contributed by atoms with Gasteiger partial charge in [0.2, 0.25) is 11.8 Å². The minimum absolute atomic E-state index is 0. The van der Waals surface area contributed by atoms with E-state index in [2.05, 4.69) is 77.0 Å². The number of hydrogen-bond acceptors (Lipinski definition) is 9. The van der Waals surface area contributed by atoms with Crippen LogP contribution in [0.4, 0.5) is 4.79 Å². The minimum atomic E-state index is -2.24. The smallest absolute Gasteiger partial charge is 0.407 e. The monoisotopic (exact) mass is 836 g/mol. The Bertz CT molecular complexity index is 1580. The first-order valence-corrected chi connectivity index (χ1v) is 20.6. The summed E-state index contributed by atoms with van der Waals surface area (Å²) < 4.78 is 28.5. The van der Waals surface area contributed by atoms with Crippen LogP contribution in [-0.4, -0.2) is 67.2 Å². The Kier molecular flexibility index (Phi) is 15.6. The summed E-state index contributed by atoms with van der Waals surface area (Å²) in [4.78, 5) is 33.8. The van der Waals surface area contributed by atoms with Crippen LogP contribution in [0.5, 0.6) is 5.75 Å². The minimum Gasteiger partial charge on any atom is -0.486 e. The molecular formula is C36H60N7O7PdSi+. The van der Waals surface area contributed by atoms with E-state index in [1.807, 2.05) is 32.9 Å². The molecule has 2 aromatic rings. The van der Waals surface area contributed by atoms with Crippen LogP contribution in [0.15, 0.2) is 35.7 Å². The Balaban J connectivity index is 0.00000936. The molecule has 0 saturated heterocycles. The van der Waals surface area contributed by atoms with Gasteiger partial charge in [-0.3, -0.25) is 4.84 Å². The number of nitrogens with zero attached hydrogens (tertiary/aromatic N) is 5. The number of carbonyl (C=O) groups is 2. The van der Waals surface area contributed by atoms with Crippen molar-refractivity contribution in [3.63, 3.8) is 0 Å². The fourth-order valence-electron chi connectivity index (χ4n) is 5.40. The van der Waals surface area contributed by atoms with Crippen molar-refractivity contribution in [2.24, 2.45) is 11.0 Å². The number of aryl methyl sites for hydroxylation is 2. The van der Waals surface area contributed by atoms with Gasteiger partial charge in [-0.15, -0.1) is 4.68 Å². The number of nitrogens with two attached hydrogens (primary N) is 1. The van der Waals surface area contributed by atoms with Crippen LogP contribution in [0.3, 0.4) is 0 Å². The third kappa shape index (κ3) is 12.6. The van der Waals surface area contributed by atoms with Gasteiger partial charge in [0.25, 0.3) is 0 Å². The van der Waals surface area contributed by atoms with Gasteiger partial charge in [0.1, 0.15) is 29.6 Å². The Hall–Kier alpha value is -2.96. The van der Waals surface area contributed by atoms with Crippen molar-refractivity contribution >= 4 is 20.4 Å². The zero-order chi connectivity index (χ0) is 38.4. The maximum atomic E-state index is 13.1. The summed E-state index contributed by atoms with van der Waals surface area (Å²) in [6.45, 7) is 25.1. The summed E-state index contributed by atoms with van der Waals surface area (Å²) in [7, 11) is -2.24. The molecule has 1 amide bonds. The number of fused-ring (bicyclic) bond motifs is 1. The van der Waals surface area contributed by atoms with E-state index in [1.54, 1.807) is 27.7 Å². The fraction of sp³-hybridized carbons (Fsp3) is 0.694. The number of ether oxygens (including phenoxy) is 3. The molecule has 1 aromatic carbocycles. The molecule has 16 heteroatoms. The molecule has 294 valence electrons. The van der Waals surface area contributed by atoms with Crippen LogP contribution >= 0.6 is 0 Å². The van der Waals surface area contributed by atoms with E-state index in [4.69, 9.17) is 34.9 Å². The molecule has 0 fully saturated rings. The van der Waals surface area contributed by atoms with Crippen molar-refractivity contribution in [2.45, 2.75) is 149 Å². The molecule has 3 atom stereocenters. The summed E-state index contributed by atoms with van der Waals surface area (Å²) in [5.74, 6) is 5.72. The molecule has 52 heavy (non-hydrogen) atoms. The third-order valence-electron chi connectivity index (χ3n) is 9.15. The summed E-state index contributed by atoms with van der Waals surface area (Å²) >= 11 is 0. The number of hydrogen-bond donors (Lipinski definition) is 2. The van der Waals surface area contributed by atoms with Crippen LogP contribution in [0.25, 0.3) is 21.6 Å². The second-order valence-electron chi connectivity index (χ2n) is 16.9. The molecule has 1 aliphatic heterocycles. The number of amides is 1. The van der Waals surface area contributed by atoms with Gasteiger partial charge in [0.15, 0.2) is 14.9 Å². The van der Waals surface area contributed by atoms with Gasteiger partial charge in [0.05, 0.1) is 17.9 Å². The summed E-state index contributed by atoms with van der Waals surface area (Å²) in [6.07, 6.45) is 4.44. The van der Waals surface area contributed by atoms with E-state index in [-0.39, 0.29) is 38.1 Å². The molecule has 14 nitrogen and oxygen atoms in total. The summed E-state index contributed by atoms with van der Waals surface area (Å²) in [5.41, 5.74) is 8.96. The number of azide groups is 1. The predicted octanol–water partition coefficient (Wildman–Crippen LogP) is 6.74. The van der Waals surface area contributed by atoms with E-state index < -0.39 is 43.3 Å². The average Bonchev–Trinajstić information content (AvgIpc) is 3.40. The van der Waals surface area contributed by atoms with E-state index in [0.29, 0.717) is 44.6 Å². The first-order valence-electron chi connectivity index (χ1n) is 17.6.